The minimum Gasteiger partial charge on any atom is -0.303 e. The molecule has 0 aliphatic heterocycles. The van der Waals surface area contributed by atoms with Crippen LogP contribution in [0, 0.1) is 0 Å². The van der Waals surface area contributed by atoms with Crippen LogP contribution in [0.5, 0.6) is 0 Å². The summed E-state index contributed by atoms with van der Waals surface area (Å²) in [6.07, 6.45) is 1.91. The minimum atomic E-state index is -0.249. The summed E-state index contributed by atoms with van der Waals surface area (Å²) in [7, 11) is 0. The Balaban J connectivity index is 2.00. The van der Waals surface area contributed by atoms with Gasteiger partial charge in [0.2, 0.25) is 0 Å². The van der Waals surface area contributed by atoms with Crippen molar-refractivity contribution in [1.29, 1.82) is 0 Å². The lowest BCUT2D eigenvalue weighted by Crippen LogP contribution is -2.28. The third kappa shape index (κ3) is 3.27. The van der Waals surface area contributed by atoms with Crippen LogP contribution in [0.25, 0.3) is 10.9 Å². The second-order valence-corrected chi connectivity index (χ2v) is 7.31. The van der Waals surface area contributed by atoms with Gasteiger partial charge in [-0.05, 0) is 17.9 Å². The normalized spacial score (nSPS) is 10.9. The van der Waals surface area contributed by atoms with Crippen LogP contribution in [0.15, 0.2) is 94.6 Å². The number of thioether (sulfide) groups is 1. The summed E-state index contributed by atoms with van der Waals surface area (Å²) in [5, 5.41) is 0.921. The van der Waals surface area contributed by atoms with E-state index in [9.17, 15) is 9.59 Å². The zero-order valence-corrected chi connectivity index (χ0v) is 16.3. The highest BCUT2D eigenvalue weighted by atomic mass is 32.2. The van der Waals surface area contributed by atoms with Gasteiger partial charge in [-0.25, -0.2) is 0 Å². The van der Waals surface area contributed by atoms with Crippen molar-refractivity contribution in [3.05, 3.63) is 112 Å². The van der Waals surface area contributed by atoms with Gasteiger partial charge in [-0.2, -0.15) is 0 Å². The Bertz CT molecular complexity index is 1200. The number of para-hydroxylation sites is 1. The molecular weight excluding hydrogens is 366 g/mol. The maximum atomic E-state index is 13.5. The van der Waals surface area contributed by atoms with Crippen LogP contribution in [0.4, 0.5) is 0 Å². The Morgan fingerprint density at radius 3 is 2.14 bits per heavy atom. The van der Waals surface area contributed by atoms with Crippen molar-refractivity contribution in [3.63, 3.8) is 0 Å². The van der Waals surface area contributed by atoms with E-state index in [-0.39, 0.29) is 16.9 Å². The molecule has 0 N–H and O–H groups in total. The van der Waals surface area contributed by atoms with E-state index in [0.717, 1.165) is 21.4 Å². The molecule has 3 nitrogen and oxygen atoms in total. The molecule has 0 amide bonds. The molecule has 4 aromatic rings. The van der Waals surface area contributed by atoms with Gasteiger partial charge >= 0.3 is 0 Å². The van der Waals surface area contributed by atoms with Gasteiger partial charge in [-0.3, -0.25) is 9.59 Å². The highest BCUT2D eigenvalue weighted by Crippen LogP contribution is 2.29. The summed E-state index contributed by atoms with van der Waals surface area (Å²) in [6, 6.07) is 26.6. The van der Waals surface area contributed by atoms with Crippen LogP contribution < -0.4 is 5.56 Å². The summed E-state index contributed by atoms with van der Waals surface area (Å²) in [6.45, 7) is 0.421. The molecule has 138 valence electrons. The van der Waals surface area contributed by atoms with Crippen molar-refractivity contribution in [2.24, 2.45) is 0 Å². The lowest BCUT2D eigenvalue weighted by Gasteiger charge is -2.16. The highest BCUT2D eigenvalue weighted by Gasteiger charge is 2.23. The fourth-order valence-electron chi connectivity index (χ4n) is 3.45. The van der Waals surface area contributed by atoms with Crippen LogP contribution in [-0.2, 0) is 6.54 Å². The van der Waals surface area contributed by atoms with Crippen molar-refractivity contribution in [3.8, 4) is 0 Å². The fourth-order valence-corrected chi connectivity index (χ4v) is 4.22. The van der Waals surface area contributed by atoms with Crippen molar-refractivity contribution < 1.29 is 4.79 Å². The van der Waals surface area contributed by atoms with Gasteiger partial charge in [0.25, 0.3) is 5.56 Å². The number of hydrogen-bond acceptors (Lipinski definition) is 3. The third-order valence-electron chi connectivity index (χ3n) is 4.78. The first-order chi connectivity index (χ1) is 13.7. The summed E-state index contributed by atoms with van der Waals surface area (Å²) in [4.78, 5) is 27.5. The second-order valence-electron chi connectivity index (χ2n) is 6.50. The number of ketones is 1. The van der Waals surface area contributed by atoms with Crippen LogP contribution in [0.2, 0.25) is 0 Å². The van der Waals surface area contributed by atoms with Gasteiger partial charge in [0.1, 0.15) is 5.56 Å². The van der Waals surface area contributed by atoms with Crippen molar-refractivity contribution in [2.75, 3.05) is 6.26 Å². The Labute approximate surface area is 167 Å². The van der Waals surface area contributed by atoms with E-state index in [4.69, 9.17) is 0 Å². The first-order valence-electron chi connectivity index (χ1n) is 9.04. The Kier molecular flexibility index (Phi) is 5.13. The van der Waals surface area contributed by atoms with Gasteiger partial charge < -0.3 is 4.57 Å². The van der Waals surface area contributed by atoms with Gasteiger partial charge in [0, 0.05) is 15.8 Å². The molecular formula is C24H19NO2S. The monoisotopic (exact) mass is 385 g/mol. The summed E-state index contributed by atoms with van der Waals surface area (Å²) < 4.78 is 1.71. The van der Waals surface area contributed by atoms with Gasteiger partial charge in [-0.15, -0.1) is 11.8 Å². The predicted octanol–water partition coefficient (Wildman–Crippen LogP) is 5.00. The van der Waals surface area contributed by atoms with E-state index in [1.165, 1.54) is 11.8 Å². The van der Waals surface area contributed by atoms with Crippen LogP contribution in [-0.4, -0.2) is 16.6 Å². The van der Waals surface area contributed by atoms with E-state index >= 15 is 0 Å². The molecule has 4 rings (SSSR count). The van der Waals surface area contributed by atoms with Crippen molar-refractivity contribution in [1.82, 2.24) is 4.57 Å². The molecule has 1 aromatic heterocycles. The zero-order chi connectivity index (χ0) is 19.5. The molecule has 28 heavy (non-hydrogen) atoms. The van der Waals surface area contributed by atoms with E-state index in [0.29, 0.717) is 12.1 Å². The molecule has 0 fully saturated rings. The number of carbonyl (C=O) groups excluding carboxylic acids is 1. The average molecular weight is 385 g/mol. The summed E-state index contributed by atoms with van der Waals surface area (Å²) in [5.41, 5.74) is 2.38. The minimum absolute atomic E-state index is 0.234. The molecule has 0 spiro atoms. The van der Waals surface area contributed by atoms with E-state index < -0.39 is 0 Å². The molecule has 0 saturated heterocycles. The maximum absolute atomic E-state index is 13.5. The van der Waals surface area contributed by atoms with Gasteiger partial charge in [-0.1, -0.05) is 78.9 Å². The molecule has 0 bridgehead atoms. The predicted molar refractivity (Wildman–Crippen MR) is 115 cm³/mol. The van der Waals surface area contributed by atoms with Crippen LogP contribution in [0.3, 0.4) is 0 Å². The zero-order valence-electron chi connectivity index (χ0n) is 15.5. The number of fused-ring (bicyclic) bond motifs is 1. The number of carbonyl (C=O) groups is 1. The number of aromatic nitrogens is 1. The number of rotatable bonds is 5. The lowest BCUT2D eigenvalue weighted by molar-refractivity contribution is 0.103. The molecule has 0 aliphatic rings. The Morgan fingerprint density at radius 1 is 0.857 bits per heavy atom. The average Bonchev–Trinajstić information content (AvgIpc) is 2.76. The molecule has 0 unspecified atom stereocenters. The van der Waals surface area contributed by atoms with Crippen LogP contribution in [0.1, 0.15) is 21.5 Å². The van der Waals surface area contributed by atoms with Crippen LogP contribution >= 0.6 is 11.8 Å². The fraction of sp³-hybridized carbons (Fsp3) is 0.0833. The molecule has 0 saturated carbocycles. The van der Waals surface area contributed by atoms with E-state index in [1.54, 1.807) is 16.7 Å². The molecule has 0 aliphatic carbocycles. The van der Waals surface area contributed by atoms with Gasteiger partial charge in [0.05, 0.1) is 12.1 Å². The van der Waals surface area contributed by atoms with Crippen molar-refractivity contribution >= 4 is 28.4 Å². The number of pyridine rings is 1. The first kappa shape index (κ1) is 18.3. The quantitative estimate of drug-likeness (QED) is 0.358. The standard InChI is InChI=1S/C24H19NO2S/c1-28-23-19-14-8-9-15-20(19)25(16-17-10-4-2-5-11-17)24(27)21(23)22(26)18-12-6-3-7-13-18/h2-15H,16H2,1H3. The number of benzene rings is 3. The summed E-state index contributed by atoms with van der Waals surface area (Å²) >= 11 is 1.44. The SMILES string of the molecule is CSc1c(C(=O)c2ccccc2)c(=O)n(Cc2ccccc2)c2ccccc12. The van der Waals surface area contributed by atoms with Crippen molar-refractivity contribution in [2.45, 2.75) is 11.4 Å². The third-order valence-corrected chi connectivity index (χ3v) is 5.61. The topological polar surface area (TPSA) is 39.1 Å². The molecule has 3 aromatic carbocycles. The molecule has 4 heteroatoms. The Hall–Kier alpha value is -3.11. The second kappa shape index (κ2) is 7.87. The molecule has 1 heterocycles. The largest absolute Gasteiger partial charge is 0.303 e. The smallest absolute Gasteiger partial charge is 0.263 e. The Morgan fingerprint density at radius 2 is 1.46 bits per heavy atom. The maximum Gasteiger partial charge on any atom is 0.263 e. The number of hydrogen-bond donors (Lipinski definition) is 0. The van der Waals surface area contributed by atoms with E-state index in [2.05, 4.69) is 0 Å². The summed E-state index contributed by atoms with van der Waals surface area (Å²) in [5.74, 6) is -0.234. The molecule has 0 radical (unpaired) electrons. The lowest BCUT2D eigenvalue weighted by atomic mass is 10.0. The number of nitrogens with zero attached hydrogens (tertiary/aromatic N) is 1. The molecule has 0 atom stereocenters. The first-order valence-corrected chi connectivity index (χ1v) is 10.3. The van der Waals surface area contributed by atoms with E-state index in [1.807, 2.05) is 79.1 Å². The van der Waals surface area contributed by atoms with Gasteiger partial charge in [0.15, 0.2) is 5.78 Å². The highest BCUT2D eigenvalue weighted by molar-refractivity contribution is 7.99.